The van der Waals surface area contributed by atoms with E-state index in [0.717, 1.165) is 0 Å². The van der Waals surface area contributed by atoms with Crippen molar-refractivity contribution in [2.75, 3.05) is 0 Å². The van der Waals surface area contributed by atoms with E-state index in [2.05, 4.69) is 31.9 Å². The lowest BCUT2D eigenvalue weighted by molar-refractivity contribution is 0.220. The van der Waals surface area contributed by atoms with Crippen molar-refractivity contribution >= 4 is 43.5 Å². The molecular weight excluding hydrogens is 386 g/mol. The third kappa shape index (κ3) is 2.77. The molecule has 2 aromatic rings. The van der Waals surface area contributed by atoms with Gasteiger partial charge in [0.05, 0.1) is 9.50 Å². The zero-order chi connectivity index (χ0) is 13.3. The Hall–Kier alpha value is -0.420. The summed E-state index contributed by atoms with van der Waals surface area (Å²) in [5.74, 6) is -0.369. The summed E-state index contributed by atoms with van der Waals surface area (Å²) in [6.07, 6.45) is -0.896. The summed E-state index contributed by atoms with van der Waals surface area (Å²) in [6, 6.07) is 9.68. The van der Waals surface area contributed by atoms with Gasteiger partial charge in [-0.2, -0.15) is 0 Å². The number of aliphatic hydroxyl groups excluding tert-OH is 1. The van der Waals surface area contributed by atoms with Gasteiger partial charge in [0.25, 0.3) is 0 Å². The Bertz CT molecular complexity index is 589. The number of rotatable bonds is 2. The van der Waals surface area contributed by atoms with Gasteiger partial charge < -0.3 is 5.11 Å². The topological polar surface area (TPSA) is 20.2 Å². The predicted octanol–water partition coefficient (Wildman–Crippen LogP) is 5.09. The molecule has 18 heavy (non-hydrogen) atoms. The van der Waals surface area contributed by atoms with Crippen molar-refractivity contribution in [3.8, 4) is 0 Å². The van der Waals surface area contributed by atoms with Crippen LogP contribution in [0.2, 0.25) is 5.02 Å². The maximum absolute atomic E-state index is 13.1. The zero-order valence-electron chi connectivity index (χ0n) is 9.00. The third-order valence-corrected chi connectivity index (χ3v) is 4.45. The Labute approximate surface area is 126 Å². The molecule has 2 rings (SSSR count). The fourth-order valence-electron chi connectivity index (χ4n) is 1.59. The van der Waals surface area contributed by atoms with Gasteiger partial charge in [-0.15, -0.1) is 0 Å². The van der Waals surface area contributed by atoms with Crippen LogP contribution in [0.4, 0.5) is 4.39 Å². The highest BCUT2D eigenvalue weighted by molar-refractivity contribution is 9.10. The van der Waals surface area contributed by atoms with E-state index in [1.165, 1.54) is 18.2 Å². The molecule has 0 saturated carbocycles. The van der Waals surface area contributed by atoms with Gasteiger partial charge in [-0.3, -0.25) is 0 Å². The van der Waals surface area contributed by atoms with Crippen LogP contribution < -0.4 is 0 Å². The first-order valence-corrected chi connectivity index (χ1v) is 7.04. The first-order chi connectivity index (χ1) is 8.50. The van der Waals surface area contributed by atoms with Crippen molar-refractivity contribution in [1.29, 1.82) is 0 Å². The van der Waals surface area contributed by atoms with Crippen LogP contribution in [0.1, 0.15) is 17.2 Å². The monoisotopic (exact) mass is 392 g/mol. The van der Waals surface area contributed by atoms with Gasteiger partial charge in [0.1, 0.15) is 11.9 Å². The molecule has 0 aliphatic heterocycles. The Morgan fingerprint density at radius 2 is 1.83 bits per heavy atom. The molecule has 1 nitrogen and oxygen atoms in total. The first-order valence-electron chi connectivity index (χ1n) is 5.07. The summed E-state index contributed by atoms with van der Waals surface area (Å²) in [5, 5.41) is 10.7. The van der Waals surface area contributed by atoms with E-state index in [1.54, 1.807) is 18.2 Å². The van der Waals surface area contributed by atoms with E-state index < -0.39 is 6.10 Å². The van der Waals surface area contributed by atoms with E-state index in [1.807, 2.05) is 0 Å². The van der Waals surface area contributed by atoms with Gasteiger partial charge in [0, 0.05) is 10.0 Å². The number of hydrogen-bond donors (Lipinski definition) is 1. The van der Waals surface area contributed by atoms with Gasteiger partial charge in [-0.25, -0.2) is 4.39 Å². The summed E-state index contributed by atoms with van der Waals surface area (Å²) < 4.78 is 14.2. The smallest absolute Gasteiger partial charge is 0.137 e. The number of aliphatic hydroxyl groups is 1. The quantitative estimate of drug-likeness (QED) is 0.753. The minimum absolute atomic E-state index is 0.310. The van der Waals surface area contributed by atoms with Crippen molar-refractivity contribution in [2.45, 2.75) is 6.10 Å². The minimum Gasteiger partial charge on any atom is -0.384 e. The molecule has 0 fully saturated rings. The molecule has 0 saturated heterocycles. The molecule has 0 aliphatic rings. The molecule has 0 spiro atoms. The maximum atomic E-state index is 13.1. The second-order valence-electron chi connectivity index (χ2n) is 3.72. The normalized spacial score (nSPS) is 12.5. The van der Waals surface area contributed by atoms with Crippen LogP contribution in [0, 0.1) is 5.82 Å². The van der Waals surface area contributed by atoms with Crippen LogP contribution in [0.15, 0.2) is 45.3 Å². The number of halogens is 4. The van der Waals surface area contributed by atoms with E-state index in [-0.39, 0.29) is 5.82 Å². The number of benzene rings is 2. The average molecular weight is 394 g/mol. The van der Waals surface area contributed by atoms with Crippen LogP contribution in [0.3, 0.4) is 0 Å². The highest BCUT2D eigenvalue weighted by atomic mass is 79.9. The molecule has 0 bridgehead atoms. The molecular formula is C13H8Br2ClFO. The van der Waals surface area contributed by atoms with Gasteiger partial charge >= 0.3 is 0 Å². The SMILES string of the molecule is OC(c1ccc(F)c(Br)c1)c1cccc(Br)c1Cl. The molecule has 1 N–H and O–H groups in total. The molecule has 0 amide bonds. The summed E-state index contributed by atoms with van der Waals surface area (Å²) in [7, 11) is 0. The van der Waals surface area contributed by atoms with Crippen LogP contribution in [0.5, 0.6) is 0 Å². The maximum Gasteiger partial charge on any atom is 0.137 e. The van der Waals surface area contributed by atoms with E-state index >= 15 is 0 Å². The first kappa shape index (κ1) is 14.0. The van der Waals surface area contributed by atoms with Gasteiger partial charge in [-0.1, -0.05) is 29.8 Å². The molecule has 0 radical (unpaired) electrons. The fourth-order valence-corrected chi connectivity index (χ4v) is 2.60. The van der Waals surface area contributed by atoms with E-state index in [9.17, 15) is 9.50 Å². The highest BCUT2D eigenvalue weighted by Gasteiger charge is 2.16. The van der Waals surface area contributed by atoms with Crippen LogP contribution in [0.25, 0.3) is 0 Å². The Balaban J connectivity index is 2.44. The average Bonchev–Trinajstić information content (AvgIpc) is 2.35. The van der Waals surface area contributed by atoms with Crippen LogP contribution in [-0.4, -0.2) is 5.11 Å². The standard InChI is InChI=1S/C13H8Br2ClFO/c14-9-3-1-2-8(12(9)16)13(18)7-4-5-11(17)10(15)6-7/h1-6,13,18H. The summed E-state index contributed by atoms with van der Waals surface area (Å²) in [4.78, 5) is 0. The lowest BCUT2D eigenvalue weighted by Crippen LogP contribution is -2.01. The predicted molar refractivity (Wildman–Crippen MR) is 77.3 cm³/mol. The van der Waals surface area contributed by atoms with Gasteiger partial charge in [-0.05, 0) is 55.6 Å². The van der Waals surface area contributed by atoms with Crippen molar-refractivity contribution in [2.24, 2.45) is 0 Å². The zero-order valence-corrected chi connectivity index (χ0v) is 12.9. The lowest BCUT2D eigenvalue weighted by Gasteiger charge is -2.14. The molecule has 0 heterocycles. The summed E-state index contributed by atoms with van der Waals surface area (Å²) in [5.41, 5.74) is 1.15. The molecule has 5 heteroatoms. The molecule has 1 unspecified atom stereocenters. The minimum atomic E-state index is -0.896. The van der Waals surface area contributed by atoms with Gasteiger partial charge in [0.15, 0.2) is 0 Å². The van der Waals surface area contributed by atoms with Crippen LogP contribution >= 0.6 is 43.5 Å². The third-order valence-electron chi connectivity index (χ3n) is 2.54. The Kier molecular flexibility index (Phi) is 4.43. The number of hydrogen-bond acceptors (Lipinski definition) is 1. The largest absolute Gasteiger partial charge is 0.384 e. The van der Waals surface area contributed by atoms with E-state index in [0.29, 0.717) is 25.1 Å². The molecule has 1 atom stereocenters. The van der Waals surface area contributed by atoms with Crippen molar-refractivity contribution < 1.29 is 9.50 Å². The Morgan fingerprint density at radius 1 is 1.11 bits per heavy atom. The second kappa shape index (κ2) is 5.70. The highest BCUT2D eigenvalue weighted by Crippen LogP contribution is 2.34. The molecule has 0 aromatic heterocycles. The molecule has 0 aliphatic carbocycles. The lowest BCUT2D eigenvalue weighted by atomic mass is 10.0. The Morgan fingerprint density at radius 3 is 2.50 bits per heavy atom. The molecule has 94 valence electrons. The van der Waals surface area contributed by atoms with Crippen molar-refractivity contribution in [3.05, 3.63) is 67.3 Å². The fraction of sp³-hybridized carbons (Fsp3) is 0.0769. The summed E-state index contributed by atoms with van der Waals surface area (Å²) >= 11 is 12.5. The van der Waals surface area contributed by atoms with Crippen LogP contribution in [-0.2, 0) is 0 Å². The van der Waals surface area contributed by atoms with Crippen molar-refractivity contribution in [1.82, 2.24) is 0 Å². The van der Waals surface area contributed by atoms with Gasteiger partial charge in [0.2, 0.25) is 0 Å². The summed E-state index contributed by atoms with van der Waals surface area (Å²) in [6.45, 7) is 0. The van der Waals surface area contributed by atoms with Crippen molar-refractivity contribution in [3.63, 3.8) is 0 Å². The second-order valence-corrected chi connectivity index (χ2v) is 5.81. The van der Waals surface area contributed by atoms with E-state index in [4.69, 9.17) is 11.6 Å². The molecule has 2 aromatic carbocycles.